The van der Waals surface area contributed by atoms with Crippen LogP contribution in [0.15, 0.2) is 45.9 Å². The summed E-state index contributed by atoms with van der Waals surface area (Å²) in [6, 6.07) is 6.53. The molecule has 0 radical (unpaired) electrons. The van der Waals surface area contributed by atoms with Crippen molar-refractivity contribution in [3.8, 4) is 17.1 Å². The van der Waals surface area contributed by atoms with Crippen LogP contribution in [0, 0.1) is 0 Å². The van der Waals surface area contributed by atoms with Crippen molar-refractivity contribution in [2.45, 2.75) is 0 Å². The van der Waals surface area contributed by atoms with Gasteiger partial charge in [0.2, 0.25) is 0 Å². The quantitative estimate of drug-likeness (QED) is 0.745. The lowest BCUT2D eigenvalue weighted by Crippen LogP contribution is -1.99. The minimum absolute atomic E-state index is 0.437. The van der Waals surface area contributed by atoms with Crippen LogP contribution in [-0.4, -0.2) is 12.1 Å². The number of rotatable bonds is 2. The van der Waals surface area contributed by atoms with Crippen molar-refractivity contribution in [2.24, 2.45) is 0 Å². The highest BCUT2D eigenvalue weighted by molar-refractivity contribution is 5.56. The van der Waals surface area contributed by atoms with E-state index in [0.29, 0.717) is 11.5 Å². The highest BCUT2D eigenvalue weighted by Gasteiger charge is 2.04. The standard InChI is InChI=1S/C11H9NO3/c1-14-9-5-10(15-11(13)6-9)8-3-2-4-12-7-8/h2-7H,1H3. The van der Waals surface area contributed by atoms with Crippen LogP contribution in [0.25, 0.3) is 11.3 Å². The molecule has 0 aliphatic carbocycles. The maximum absolute atomic E-state index is 11.2. The molecule has 0 aliphatic rings. The zero-order valence-corrected chi connectivity index (χ0v) is 8.14. The van der Waals surface area contributed by atoms with Gasteiger partial charge < -0.3 is 9.15 Å². The zero-order chi connectivity index (χ0) is 10.7. The Hall–Kier alpha value is -2.10. The topological polar surface area (TPSA) is 52.3 Å². The summed E-state index contributed by atoms with van der Waals surface area (Å²) >= 11 is 0. The van der Waals surface area contributed by atoms with Crippen molar-refractivity contribution in [3.05, 3.63) is 47.1 Å². The predicted molar refractivity (Wildman–Crippen MR) is 54.8 cm³/mol. The Morgan fingerprint density at radius 2 is 2.27 bits per heavy atom. The number of aromatic nitrogens is 1. The van der Waals surface area contributed by atoms with Gasteiger partial charge in [0.25, 0.3) is 0 Å². The van der Waals surface area contributed by atoms with Crippen molar-refractivity contribution in [1.29, 1.82) is 0 Å². The molecule has 0 unspecified atom stereocenters. The maximum atomic E-state index is 11.2. The van der Waals surface area contributed by atoms with Gasteiger partial charge in [0.1, 0.15) is 11.5 Å². The van der Waals surface area contributed by atoms with E-state index in [1.807, 2.05) is 6.07 Å². The third kappa shape index (κ3) is 2.04. The molecule has 0 spiro atoms. The monoisotopic (exact) mass is 203 g/mol. The summed E-state index contributed by atoms with van der Waals surface area (Å²) in [6.07, 6.45) is 3.28. The van der Waals surface area contributed by atoms with Crippen LogP contribution in [0.2, 0.25) is 0 Å². The highest BCUT2D eigenvalue weighted by Crippen LogP contribution is 2.20. The lowest BCUT2D eigenvalue weighted by Gasteiger charge is -2.01. The van der Waals surface area contributed by atoms with E-state index in [9.17, 15) is 4.79 Å². The molecule has 0 amide bonds. The zero-order valence-electron chi connectivity index (χ0n) is 8.14. The van der Waals surface area contributed by atoms with Crippen LogP contribution in [0.4, 0.5) is 0 Å². The van der Waals surface area contributed by atoms with Crippen LogP contribution in [0.5, 0.6) is 5.75 Å². The van der Waals surface area contributed by atoms with Gasteiger partial charge in [-0.1, -0.05) is 0 Å². The van der Waals surface area contributed by atoms with Crippen molar-refractivity contribution in [3.63, 3.8) is 0 Å². The number of hydrogen-bond acceptors (Lipinski definition) is 4. The van der Waals surface area contributed by atoms with Crippen molar-refractivity contribution in [1.82, 2.24) is 4.98 Å². The molecule has 0 aliphatic heterocycles. The van der Waals surface area contributed by atoms with Crippen LogP contribution in [0.3, 0.4) is 0 Å². The molecule has 0 saturated carbocycles. The Kier molecular flexibility index (Phi) is 2.49. The average Bonchev–Trinajstić information content (AvgIpc) is 2.29. The first-order chi connectivity index (χ1) is 7.29. The number of ether oxygens (including phenoxy) is 1. The van der Waals surface area contributed by atoms with E-state index in [-0.39, 0.29) is 0 Å². The predicted octanol–water partition coefficient (Wildman–Crippen LogP) is 1.71. The fourth-order valence-corrected chi connectivity index (χ4v) is 1.22. The summed E-state index contributed by atoms with van der Waals surface area (Å²) in [4.78, 5) is 15.1. The van der Waals surface area contributed by atoms with E-state index in [1.165, 1.54) is 13.2 Å². The molecule has 0 atom stereocenters. The molecule has 0 N–H and O–H groups in total. The van der Waals surface area contributed by atoms with E-state index >= 15 is 0 Å². The Balaban J connectivity index is 2.54. The first-order valence-electron chi connectivity index (χ1n) is 4.39. The molecule has 2 rings (SSSR count). The third-order valence-corrected chi connectivity index (χ3v) is 1.93. The van der Waals surface area contributed by atoms with Crippen molar-refractivity contribution < 1.29 is 9.15 Å². The molecule has 76 valence electrons. The molecule has 0 fully saturated rings. The second-order valence-electron chi connectivity index (χ2n) is 2.92. The van der Waals surface area contributed by atoms with Gasteiger partial charge in [-0.2, -0.15) is 0 Å². The number of methoxy groups -OCH3 is 1. The molecule has 0 bridgehead atoms. The summed E-state index contributed by atoms with van der Waals surface area (Å²) in [6.45, 7) is 0. The minimum atomic E-state index is -0.437. The van der Waals surface area contributed by atoms with E-state index in [2.05, 4.69) is 4.98 Å². The molecule has 2 heterocycles. The van der Waals surface area contributed by atoms with Crippen LogP contribution >= 0.6 is 0 Å². The van der Waals surface area contributed by atoms with E-state index in [1.54, 1.807) is 24.5 Å². The molecule has 0 aromatic carbocycles. The van der Waals surface area contributed by atoms with Crippen LogP contribution in [-0.2, 0) is 0 Å². The summed E-state index contributed by atoms with van der Waals surface area (Å²) in [7, 11) is 1.50. The normalized spacial score (nSPS) is 9.93. The first-order valence-corrected chi connectivity index (χ1v) is 4.39. The Morgan fingerprint density at radius 1 is 1.40 bits per heavy atom. The third-order valence-electron chi connectivity index (χ3n) is 1.93. The molecular formula is C11H9NO3. The summed E-state index contributed by atoms with van der Waals surface area (Å²) in [5, 5.41) is 0. The van der Waals surface area contributed by atoms with Gasteiger partial charge in [0.05, 0.1) is 13.2 Å². The second kappa shape index (κ2) is 3.96. The van der Waals surface area contributed by atoms with Gasteiger partial charge in [0.15, 0.2) is 0 Å². The van der Waals surface area contributed by atoms with Gasteiger partial charge in [-0.15, -0.1) is 0 Å². The minimum Gasteiger partial charge on any atom is -0.496 e. The van der Waals surface area contributed by atoms with E-state index in [0.717, 1.165) is 5.56 Å². The lowest BCUT2D eigenvalue weighted by atomic mass is 10.2. The van der Waals surface area contributed by atoms with E-state index < -0.39 is 5.63 Å². The van der Waals surface area contributed by atoms with Crippen LogP contribution < -0.4 is 10.4 Å². The Labute approximate surface area is 86.2 Å². The highest BCUT2D eigenvalue weighted by atomic mass is 16.5. The van der Waals surface area contributed by atoms with Crippen molar-refractivity contribution in [2.75, 3.05) is 7.11 Å². The smallest absolute Gasteiger partial charge is 0.339 e. The lowest BCUT2D eigenvalue weighted by molar-refractivity contribution is 0.404. The average molecular weight is 203 g/mol. The van der Waals surface area contributed by atoms with Gasteiger partial charge in [-0.05, 0) is 12.1 Å². The van der Waals surface area contributed by atoms with Crippen molar-refractivity contribution >= 4 is 0 Å². The van der Waals surface area contributed by atoms with Gasteiger partial charge in [-0.25, -0.2) is 4.79 Å². The number of nitrogens with zero attached hydrogens (tertiary/aromatic N) is 1. The SMILES string of the molecule is COc1cc(-c2cccnc2)oc(=O)c1. The van der Waals surface area contributed by atoms with E-state index in [4.69, 9.17) is 9.15 Å². The molecule has 2 aromatic rings. The fraction of sp³-hybridized carbons (Fsp3) is 0.0909. The summed E-state index contributed by atoms with van der Waals surface area (Å²) in [5.41, 5.74) is 0.307. The van der Waals surface area contributed by atoms with Gasteiger partial charge in [0, 0.05) is 24.0 Å². The molecular weight excluding hydrogens is 194 g/mol. The second-order valence-corrected chi connectivity index (χ2v) is 2.92. The first kappa shape index (κ1) is 9.45. The molecule has 0 saturated heterocycles. The Bertz CT molecular complexity index is 505. The molecule has 4 heteroatoms. The van der Waals surface area contributed by atoms with Gasteiger partial charge >= 0.3 is 5.63 Å². The molecule has 2 aromatic heterocycles. The van der Waals surface area contributed by atoms with Crippen LogP contribution in [0.1, 0.15) is 0 Å². The summed E-state index contributed by atoms with van der Waals surface area (Å²) < 4.78 is 10.0. The summed E-state index contributed by atoms with van der Waals surface area (Å²) in [5.74, 6) is 0.928. The fourth-order valence-electron chi connectivity index (χ4n) is 1.22. The maximum Gasteiger partial charge on any atom is 0.339 e. The Morgan fingerprint density at radius 3 is 2.93 bits per heavy atom. The number of hydrogen-bond donors (Lipinski definition) is 0. The number of pyridine rings is 1. The molecule has 4 nitrogen and oxygen atoms in total. The van der Waals surface area contributed by atoms with Gasteiger partial charge in [-0.3, -0.25) is 4.98 Å². The molecule has 15 heavy (non-hydrogen) atoms. The largest absolute Gasteiger partial charge is 0.496 e.